The summed E-state index contributed by atoms with van der Waals surface area (Å²) in [6, 6.07) is 9.97. The Balaban J connectivity index is 0.000000181. The third kappa shape index (κ3) is 7.00. The topological polar surface area (TPSA) is 52.3 Å². The van der Waals surface area contributed by atoms with Crippen molar-refractivity contribution in [2.24, 2.45) is 11.7 Å². The van der Waals surface area contributed by atoms with E-state index in [4.69, 9.17) is 5.73 Å². The molecule has 94 valence electrons. The average Bonchev–Trinajstić information content (AvgIpc) is 2.81. The Morgan fingerprint density at radius 2 is 1.88 bits per heavy atom. The summed E-state index contributed by atoms with van der Waals surface area (Å²) in [5.74, 6) is 0.576. The number of nitrogens with two attached hydrogens (primary N) is 1. The first-order valence-electron chi connectivity index (χ1n) is 5.81. The second kappa shape index (κ2) is 8.12. The highest BCUT2D eigenvalue weighted by Crippen LogP contribution is 2.24. The molecule has 1 aromatic carbocycles. The van der Waals surface area contributed by atoms with Gasteiger partial charge >= 0.3 is 6.09 Å². The lowest BCUT2D eigenvalue weighted by atomic mass is 10.1. The lowest BCUT2D eigenvalue weighted by Gasteiger charge is -2.06. The van der Waals surface area contributed by atoms with E-state index in [2.05, 4.69) is 20.7 Å². The van der Waals surface area contributed by atoms with Gasteiger partial charge in [0.05, 0.1) is 6.61 Å². The van der Waals surface area contributed by atoms with Gasteiger partial charge in [-0.15, -0.1) is 0 Å². The Bertz CT molecular complexity index is 323. The van der Waals surface area contributed by atoms with Crippen molar-refractivity contribution in [2.45, 2.75) is 25.7 Å². The molecule has 2 rings (SSSR count). The minimum absolute atomic E-state index is 0.523. The molecule has 4 heteroatoms. The normalized spacial score (nSPS) is 14.9. The predicted octanol–water partition coefficient (Wildman–Crippen LogP) is 3.72. The molecule has 0 aliphatic heterocycles. The van der Waals surface area contributed by atoms with Gasteiger partial charge in [0, 0.05) is 4.47 Å². The minimum atomic E-state index is -0.646. The van der Waals surface area contributed by atoms with Crippen molar-refractivity contribution in [1.82, 2.24) is 0 Å². The molecule has 1 amide bonds. The number of carbonyl (C=O) groups is 1. The summed E-state index contributed by atoms with van der Waals surface area (Å²) in [4.78, 5) is 10.2. The molecule has 0 saturated heterocycles. The van der Waals surface area contributed by atoms with Gasteiger partial charge in [0.1, 0.15) is 0 Å². The van der Waals surface area contributed by atoms with Gasteiger partial charge in [0.15, 0.2) is 0 Å². The number of amides is 1. The first-order valence-corrected chi connectivity index (χ1v) is 6.60. The zero-order chi connectivity index (χ0) is 12.5. The number of primary amides is 1. The van der Waals surface area contributed by atoms with Crippen LogP contribution in [0.25, 0.3) is 0 Å². The molecule has 1 aliphatic rings. The summed E-state index contributed by atoms with van der Waals surface area (Å²) in [6.07, 6.45) is 4.27. The van der Waals surface area contributed by atoms with Crippen LogP contribution < -0.4 is 5.73 Å². The van der Waals surface area contributed by atoms with Crippen LogP contribution in [0.5, 0.6) is 0 Å². The molecule has 2 N–H and O–H groups in total. The summed E-state index contributed by atoms with van der Waals surface area (Å²) in [5.41, 5.74) is 4.81. The fourth-order valence-electron chi connectivity index (χ4n) is 1.79. The summed E-state index contributed by atoms with van der Waals surface area (Å²) in [6.45, 7) is 0.523. The molecule has 0 spiro atoms. The van der Waals surface area contributed by atoms with Crippen LogP contribution in [-0.2, 0) is 4.74 Å². The average molecular weight is 300 g/mol. The lowest BCUT2D eigenvalue weighted by Crippen LogP contribution is -2.17. The van der Waals surface area contributed by atoms with Gasteiger partial charge in [0.2, 0.25) is 0 Å². The van der Waals surface area contributed by atoms with Gasteiger partial charge in [-0.2, -0.15) is 0 Å². The number of benzene rings is 1. The standard InChI is InChI=1S/C7H13NO2.C6H5Br/c8-7(9)10-5-6-3-1-2-4-6;7-6-4-2-1-3-5-6/h6H,1-5H2,(H2,8,9);1-5H. The summed E-state index contributed by atoms with van der Waals surface area (Å²) < 4.78 is 5.80. The first kappa shape index (κ1) is 14.0. The van der Waals surface area contributed by atoms with Gasteiger partial charge < -0.3 is 10.5 Å². The van der Waals surface area contributed by atoms with Crippen LogP contribution in [0.15, 0.2) is 34.8 Å². The Labute approximate surface area is 110 Å². The van der Waals surface area contributed by atoms with Crippen LogP contribution in [0, 0.1) is 5.92 Å². The number of halogens is 1. The molecule has 17 heavy (non-hydrogen) atoms. The van der Waals surface area contributed by atoms with E-state index in [0.717, 1.165) is 4.47 Å². The third-order valence-corrected chi connectivity index (χ3v) is 3.20. The highest BCUT2D eigenvalue weighted by Gasteiger charge is 2.15. The van der Waals surface area contributed by atoms with E-state index < -0.39 is 6.09 Å². The van der Waals surface area contributed by atoms with Gasteiger partial charge in [0.25, 0.3) is 0 Å². The van der Waals surface area contributed by atoms with Gasteiger partial charge in [-0.05, 0) is 30.9 Å². The quantitative estimate of drug-likeness (QED) is 0.905. The predicted molar refractivity (Wildman–Crippen MR) is 71.6 cm³/mol. The van der Waals surface area contributed by atoms with Crippen molar-refractivity contribution in [2.75, 3.05) is 6.61 Å². The lowest BCUT2D eigenvalue weighted by molar-refractivity contribution is 0.137. The number of rotatable bonds is 2. The second-order valence-corrected chi connectivity index (χ2v) is 4.99. The van der Waals surface area contributed by atoms with Gasteiger partial charge in [-0.25, -0.2) is 4.79 Å². The van der Waals surface area contributed by atoms with Crippen LogP contribution in [0.1, 0.15) is 25.7 Å². The van der Waals surface area contributed by atoms with Crippen molar-refractivity contribution >= 4 is 22.0 Å². The maximum atomic E-state index is 10.2. The van der Waals surface area contributed by atoms with E-state index in [9.17, 15) is 4.79 Å². The molecular weight excluding hydrogens is 282 g/mol. The van der Waals surface area contributed by atoms with E-state index >= 15 is 0 Å². The fourth-order valence-corrected chi connectivity index (χ4v) is 2.10. The molecule has 1 aliphatic carbocycles. The molecule has 1 fully saturated rings. The molecular formula is C13H18BrNO2. The molecule has 0 bridgehead atoms. The SMILES string of the molecule is Brc1ccccc1.NC(=O)OCC1CCCC1. The summed E-state index contributed by atoms with van der Waals surface area (Å²) in [5, 5.41) is 0. The summed E-state index contributed by atoms with van der Waals surface area (Å²) in [7, 11) is 0. The first-order chi connectivity index (χ1) is 8.18. The number of ether oxygens (including phenoxy) is 1. The Morgan fingerprint density at radius 3 is 2.29 bits per heavy atom. The van der Waals surface area contributed by atoms with Gasteiger partial charge in [-0.3, -0.25) is 0 Å². The Morgan fingerprint density at radius 1 is 1.29 bits per heavy atom. The Kier molecular flexibility index (Phi) is 6.70. The Hall–Kier alpha value is -1.03. The number of hydrogen-bond acceptors (Lipinski definition) is 2. The fraction of sp³-hybridized carbons (Fsp3) is 0.462. The molecule has 0 unspecified atom stereocenters. The maximum Gasteiger partial charge on any atom is 0.404 e. The van der Waals surface area contributed by atoms with Crippen molar-refractivity contribution in [1.29, 1.82) is 0 Å². The maximum absolute atomic E-state index is 10.2. The highest BCUT2D eigenvalue weighted by molar-refractivity contribution is 9.10. The smallest absolute Gasteiger partial charge is 0.404 e. The molecule has 0 atom stereocenters. The number of carbonyl (C=O) groups excluding carboxylic acids is 1. The molecule has 1 saturated carbocycles. The van der Waals surface area contributed by atoms with Crippen molar-refractivity contribution < 1.29 is 9.53 Å². The van der Waals surface area contributed by atoms with Crippen LogP contribution >= 0.6 is 15.9 Å². The van der Waals surface area contributed by atoms with Crippen LogP contribution in [0.4, 0.5) is 4.79 Å². The second-order valence-electron chi connectivity index (χ2n) is 4.08. The molecule has 0 aromatic heterocycles. The van der Waals surface area contributed by atoms with Crippen LogP contribution in [0.3, 0.4) is 0 Å². The largest absolute Gasteiger partial charge is 0.449 e. The van der Waals surface area contributed by atoms with Crippen molar-refractivity contribution in [3.63, 3.8) is 0 Å². The molecule has 0 heterocycles. The minimum Gasteiger partial charge on any atom is -0.449 e. The van der Waals surface area contributed by atoms with Crippen molar-refractivity contribution in [3.8, 4) is 0 Å². The highest BCUT2D eigenvalue weighted by atomic mass is 79.9. The van der Waals surface area contributed by atoms with Crippen molar-refractivity contribution in [3.05, 3.63) is 34.8 Å². The third-order valence-electron chi connectivity index (χ3n) is 2.67. The zero-order valence-electron chi connectivity index (χ0n) is 9.77. The monoisotopic (exact) mass is 299 g/mol. The van der Waals surface area contributed by atoms with E-state index in [1.807, 2.05) is 30.3 Å². The van der Waals surface area contributed by atoms with Gasteiger partial charge in [-0.1, -0.05) is 47.0 Å². The molecule has 0 radical (unpaired) electrons. The van der Waals surface area contributed by atoms with Crippen LogP contribution in [-0.4, -0.2) is 12.7 Å². The van der Waals surface area contributed by atoms with Crippen LogP contribution in [0.2, 0.25) is 0 Å². The zero-order valence-corrected chi connectivity index (χ0v) is 11.4. The molecule has 3 nitrogen and oxygen atoms in total. The van der Waals surface area contributed by atoms with E-state index in [1.54, 1.807) is 0 Å². The number of hydrogen-bond donors (Lipinski definition) is 1. The van der Waals surface area contributed by atoms with E-state index in [0.29, 0.717) is 12.5 Å². The van der Waals surface area contributed by atoms with E-state index in [-0.39, 0.29) is 0 Å². The molecule has 1 aromatic rings. The summed E-state index contributed by atoms with van der Waals surface area (Å²) >= 11 is 3.31. The van der Waals surface area contributed by atoms with E-state index in [1.165, 1.54) is 25.7 Å².